The van der Waals surface area contributed by atoms with Gasteiger partial charge in [-0.15, -0.1) is 0 Å². The number of ether oxygens (including phenoxy) is 1. The molecule has 7 nitrogen and oxygen atoms in total. The van der Waals surface area contributed by atoms with E-state index in [1.165, 1.54) is 18.2 Å². The Morgan fingerprint density at radius 3 is 2.52 bits per heavy atom. The molecule has 0 unspecified atom stereocenters. The number of nitrogens with one attached hydrogen (secondary N) is 3. The van der Waals surface area contributed by atoms with Crippen LogP contribution in [0.15, 0.2) is 42.5 Å². The molecule has 0 radical (unpaired) electrons. The van der Waals surface area contributed by atoms with E-state index in [0.717, 1.165) is 38.0 Å². The van der Waals surface area contributed by atoms with Crippen molar-refractivity contribution in [2.45, 2.75) is 26.2 Å². The lowest BCUT2D eigenvalue weighted by atomic mass is 10.1. The highest BCUT2D eigenvalue weighted by molar-refractivity contribution is 6.04. The standard InChI is InChI=1S/C23H29FN4O3/c1-2-31-14-6-11-25-22(29)20-16-19(9-10-21(20)28-12-3-4-13-28)27-23(30)26-18-8-5-7-17(24)15-18/h5,7-10,15-16H,2-4,6,11-14H2,1H3,(H,25,29)(H2,26,27,30). The van der Waals surface area contributed by atoms with Crippen LogP contribution in [0.2, 0.25) is 0 Å². The summed E-state index contributed by atoms with van der Waals surface area (Å²) in [6.45, 7) is 5.49. The maximum absolute atomic E-state index is 13.3. The summed E-state index contributed by atoms with van der Waals surface area (Å²) in [5.41, 5.74) is 2.20. The quantitative estimate of drug-likeness (QED) is 0.522. The van der Waals surface area contributed by atoms with Crippen molar-refractivity contribution in [1.82, 2.24) is 5.32 Å². The third-order valence-electron chi connectivity index (χ3n) is 4.98. The first kappa shape index (κ1) is 22.6. The molecule has 0 spiro atoms. The Bertz CT molecular complexity index is 900. The average molecular weight is 429 g/mol. The van der Waals surface area contributed by atoms with Crippen molar-refractivity contribution >= 4 is 29.0 Å². The van der Waals surface area contributed by atoms with Gasteiger partial charge in [-0.2, -0.15) is 0 Å². The zero-order chi connectivity index (χ0) is 22.1. The molecule has 8 heteroatoms. The first-order valence-corrected chi connectivity index (χ1v) is 10.7. The van der Waals surface area contributed by atoms with Gasteiger partial charge >= 0.3 is 6.03 Å². The lowest BCUT2D eigenvalue weighted by Crippen LogP contribution is -2.29. The van der Waals surface area contributed by atoms with Crippen molar-refractivity contribution in [3.8, 4) is 0 Å². The van der Waals surface area contributed by atoms with Crippen LogP contribution in [0.4, 0.5) is 26.2 Å². The molecule has 3 amide bonds. The van der Waals surface area contributed by atoms with Crippen LogP contribution in [0.1, 0.15) is 36.5 Å². The Morgan fingerprint density at radius 2 is 1.81 bits per heavy atom. The van der Waals surface area contributed by atoms with Crippen LogP contribution < -0.4 is 20.9 Å². The molecule has 0 saturated carbocycles. The Hall–Kier alpha value is -3.13. The number of carbonyl (C=O) groups is 2. The number of anilines is 3. The van der Waals surface area contributed by atoms with Crippen LogP contribution in [0.5, 0.6) is 0 Å². The fraction of sp³-hybridized carbons (Fsp3) is 0.391. The summed E-state index contributed by atoms with van der Waals surface area (Å²) in [4.78, 5) is 27.4. The van der Waals surface area contributed by atoms with E-state index in [-0.39, 0.29) is 5.91 Å². The maximum Gasteiger partial charge on any atom is 0.323 e. The molecular weight excluding hydrogens is 399 g/mol. The van der Waals surface area contributed by atoms with Gasteiger partial charge in [0.05, 0.1) is 5.56 Å². The number of hydrogen-bond acceptors (Lipinski definition) is 4. The first-order chi connectivity index (χ1) is 15.1. The van der Waals surface area contributed by atoms with E-state index in [1.807, 2.05) is 13.0 Å². The lowest BCUT2D eigenvalue weighted by molar-refractivity contribution is 0.0944. The highest BCUT2D eigenvalue weighted by Crippen LogP contribution is 2.27. The van der Waals surface area contributed by atoms with Gasteiger partial charge in [0.2, 0.25) is 0 Å². The molecule has 1 heterocycles. The average Bonchev–Trinajstić information content (AvgIpc) is 3.28. The molecule has 2 aromatic rings. The molecular formula is C23H29FN4O3. The Morgan fingerprint density at radius 1 is 1.06 bits per heavy atom. The largest absolute Gasteiger partial charge is 0.382 e. The first-order valence-electron chi connectivity index (χ1n) is 10.7. The topological polar surface area (TPSA) is 82.7 Å². The third kappa shape index (κ3) is 6.68. The number of urea groups is 1. The number of amides is 3. The molecule has 0 aromatic heterocycles. The van der Waals surface area contributed by atoms with Crippen LogP contribution in [0.3, 0.4) is 0 Å². The smallest absolute Gasteiger partial charge is 0.323 e. The van der Waals surface area contributed by atoms with Gasteiger partial charge in [-0.25, -0.2) is 9.18 Å². The van der Waals surface area contributed by atoms with Gasteiger partial charge in [0.25, 0.3) is 5.91 Å². The van der Waals surface area contributed by atoms with Crippen molar-refractivity contribution in [1.29, 1.82) is 0 Å². The van der Waals surface area contributed by atoms with E-state index in [0.29, 0.717) is 36.7 Å². The predicted octanol–water partition coefficient (Wildman–Crippen LogP) is 4.23. The molecule has 31 heavy (non-hydrogen) atoms. The fourth-order valence-corrected chi connectivity index (χ4v) is 3.50. The van der Waals surface area contributed by atoms with Crippen molar-refractivity contribution in [3.05, 3.63) is 53.8 Å². The summed E-state index contributed by atoms with van der Waals surface area (Å²) in [6, 6.07) is 10.4. The molecule has 1 saturated heterocycles. The summed E-state index contributed by atoms with van der Waals surface area (Å²) < 4.78 is 18.6. The van der Waals surface area contributed by atoms with Gasteiger partial charge in [-0.05, 0) is 62.6 Å². The highest BCUT2D eigenvalue weighted by atomic mass is 19.1. The lowest BCUT2D eigenvalue weighted by Gasteiger charge is -2.22. The number of halogens is 1. The molecule has 166 valence electrons. The fourth-order valence-electron chi connectivity index (χ4n) is 3.50. The van der Waals surface area contributed by atoms with Crippen LogP contribution >= 0.6 is 0 Å². The Kier molecular flexibility index (Phi) is 8.23. The van der Waals surface area contributed by atoms with Gasteiger partial charge in [0, 0.05) is 49.9 Å². The SMILES string of the molecule is CCOCCCNC(=O)c1cc(NC(=O)Nc2cccc(F)c2)ccc1N1CCCC1. The van der Waals surface area contributed by atoms with Crippen molar-refractivity contribution in [2.75, 3.05) is 48.4 Å². The summed E-state index contributed by atoms with van der Waals surface area (Å²) in [5, 5.41) is 8.24. The zero-order valence-electron chi connectivity index (χ0n) is 17.7. The van der Waals surface area contributed by atoms with Gasteiger partial charge in [-0.1, -0.05) is 6.07 Å². The van der Waals surface area contributed by atoms with Gasteiger partial charge in [0.15, 0.2) is 0 Å². The van der Waals surface area contributed by atoms with Crippen molar-refractivity contribution < 1.29 is 18.7 Å². The number of carbonyl (C=O) groups excluding carboxylic acids is 2. The maximum atomic E-state index is 13.3. The van der Waals surface area contributed by atoms with E-state index >= 15 is 0 Å². The summed E-state index contributed by atoms with van der Waals surface area (Å²) in [7, 11) is 0. The molecule has 1 aliphatic rings. The van der Waals surface area contributed by atoms with Crippen LogP contribution in [0.25, 0.3) is 0 Å². The molecule has 0 atom stereocenters. The van der Waals surface area contributed by atoms with E-state index in [2.05, 4.69) is 20.9 Å². The molecule has 1 aliphatic heterocycles. The van der Waals surface area contributed by atoms with E-state index in [4.69, 9.17) is 4.74 Å². The minimum Gasteiger partial charge on any atom is -0.382 e. The monoisotopic (exact) mass is 428 g/mol. The summed E-state index contributed by atoms with van der Waals surface area (Å²) >= 11 is 0. The van der Waals surface area contributed by atoms with E-state index < -0.39 is 11.8 Å². The van der Waals surface area contributed by atoms with Crippen LogP contribution in [-0.4, -0.2) is 44.8 Å². The number of nitrogens with zero attached hydrogens (tertiary/aromatic N) is 1. The van der Waals surface area contributed by atoms with Crippen molar-refractivity contribution in [2.24, 2.45) is 0 Å². The van der Waals surface area contributed by atoms with E-state index in [1.54, 1.807) is 18.2 Å². The molecule has 0 bridgehead atoms. The number of benzene rings is 2. The third-order valence-corrected chi connectivity index (χ3v) is 4.98. The second kappa shape index (κ2) is 11.3. The molecule has 1 fully saturated rings. The molecule has 3 rings (SSSR count). The van der Waals surface area contributed by atoms with E-state index in [9.17, 15) is 14.0 Å². The summed E-state index contributed by atoms with van der Waals surface area (Å²) in [6.07, 6.45) is 2.91. The predicted molar refractivity (Wildman–Crippen MR) is 120 cm³/mol. The van der Waals surface area contributed by atoms with Crippen LogP contribution in [0, 0.1) is 5.82 Å². The normalized spacial score (nSPS) is 13.2. The van der Waals surface area contributed by atoms with Gasteiger partial charge in [-0.3, -0.25) is 4.79 Å². The second-order valence-electron chi connectivity index (χ2n) is 7.32. The van der Waals surface area contributed by atoms with Gasteiger partial charge < -0.3 is 25.6 Å². The minimum absolute atomic E-state index is 0.187. The van der Waals surface area contributed by atoms with Gasteiger partial charge in [0.1, 0.15) is 5.82 Å². The second-order valence-corrected chi connectivity index (χ2v) is 7.32. The van der Waals surface area contributed by atoms with Crippen molar-refractivity contribution in [3.63, 3.8) is 0 Å². The minimum atomic E-state index is -0.511. The Labute approximate surface area is 182 Å². The zero-order valence-corrected chi connectivity index (χ0v) is 17.7. The number of rotatable bonds is 9. The summed E-state index contributed by atoms with van der Waals surface area (Å²) in [5.74, 6) is -0.622. The molecule has 0 aliphatic carbocycles. The molecule has 3 N–H and O–H groups in total. The number of hydrogen-bond donors (Lipinski definition) is 3. The van der Waals surface area contributed by atoms with Crippen LogP contribution in [-0.2, 0) is 4.74 Å². The highest BCUT2D eigenvalue weighted by Gasteiger charge is 2.20. The Balaban J connectivity index is 1.70. The molecule has 2 aromatic carbocycles.